The van der Waals surface area contributed by atoms with Crippen molar-refractivity contribution in [3.63, 3.8) is 0 Å². The average molecular weight is 437 g/mol. The first-order valence-electron chi connectivity index (χ1n) is 9.90. The molecule has 6 heteroatoms. The number of hydrogen-bond donors (Lipinski definition) is 1. The fourth-order valence-corrected chi connectivity index (χ4v) is 5.12. The fourth-order valence-electron chi connectivity index (χ4n) is 3.71. The summed E-state index contributed by atoms with van der Waals surface area (Å²) in [5.41, 5.74) is 5.15. The Labute approximate surface area is 185 Å². The van der Waals surface area contributed by atoms with Crippen molar-refractivity contribution in [1.29, 1.82) is 0 Å². The first-order valence-corrected chi connectivity index (χ1v) is 12.2. The molecule has 1 aliphatic rings. The van der Waals surface area contributed by atoms with Gasteiger partial charge in [-0.15, -0.1) is 11.3 Å². The lowest BCUT2D eigenvalue weighted by atomic mass is 10.0. The molecule has 0 unspecified atom stereocenters. The maximum atomic E-state index is 13.2. The topological polar surface area (TPSA) is 49.4 Å². The van der Waals surface area contributed by atoms with Gasteiger partial charge in [-0.2, -0.15) is 11.8 Å². The number of thiophene rings is 1. The third-order valence-electron chi connectivity index (χ3n) is 5.43. The molecule has 0 spiro atoms. The second-order valence-electron chi connectivity index (χ2n) is 7.41. The van der Waals surface area contributed by atoms with Crippen LogP contribution in [0.5, 0.6) is 0 Å². The number of fused-ring (bicyclic) bond motifs is 1. The highest BCUT2D eigenvalue weighted by atomic mass is 32.2. The highest BCUT2D eigenvalue weighted by Crippen LogP contribution is 2.27. The smallest absolute Gasteiger partial charge is 0.255 e. The van der Waals surface area contributed by atoms with Crippen molar-refractivity contribution in [2.45, 2.75) is 25.6 Å². The number of amides is 2. The van der Waals surface area contributed by atoms with Crippen LogP contribution in [0, 0.1) is 6.92 Å². The summed E-state index contributed by atoms with van der Waals surface area (Å²) in [5.74, 6) is 0.773. The molecule has 2 heterocycles. The Kier molecular flexibility index (Phi) is 6.25. The Morgan fingerprint density at radius 2 is 1.93 bits per heavy atom. The van der Waals surface area contributed by atoms with Crippen molar-refractivity contribution >= 4 is 40.6 Å². The van der Waals surface area contributed by atoms with Crippen molar-refractivity contribution in [3.8, 4) is 0 Å². The minimum absolute atomic E-state index is 0.0156. The third-order valence-corrected chi connectivity index (χ3v) is 7.08. The summed E-state index contributed by atoms with van der Waals surface area (Å²) in [7, 11) is 0. The molecule has 4 rings (SSSR count). The van der Waals surface area contributed by atoms with Gasteiger partial charge in [-0.1, -0.05) is 18.2 Å². The summed E-state index contributed by atoms with van der Waals surface area (Å²) in [6.07, 6.45) is 2.96. The van der Waals surface area contributed by atoms with E-state index in [1.54, 1.807) is 23.1 Å². The SMILES string of the molecule is CSCc1ccc(C(=O)Nc2cccc(C(=O)N3CCc4sccc4C3)c2C)cc1. The molecule has 0 aliphatic carbocycles. The zero-order valence-corrected chi connectivity index (χ0v) is 18.7. The van der Waals surface area contributed by atoms with E-state index in [-0.39, 0.29) is 11.8 Å². The number of benzene rings is 2. The van der Waals surface area contributed by atoms with E-state index in [2.05, 4.69) is 23.0 Å². The molecule has 2 aromatic carbocycles. The molecule has 0 saturated carbocycles. The number of thioether (sulfide) groups is 1. The fraction of sp³-hybridized carbons (Fsp3) is 0.250. The number of nitrogens with zero attached hydrogens (tertiary/aromatic N) is 1. The summed E-state index contributed by atoms with van der Waals surface area (Å²) in [6, 6.07) is 15.3. The maximum absolute atomic E-state index is 13.2. The number of carbonyl (C=O) groups is 2. The molecular formula is C24H24N2O2S2. The molecule has 1 aromatic heterocycles. The number of carbonyl (C=O) groups excluding carboxylic acids is 2. The van der Waals surface area contributed by atoms with Gasteiger partial charge in [0.25, 0.3) is 11.8 Å². The molecule has 0 radical (unpaired) electrons. The predicted octanol–water partition coefficient (Wildman–Crippen LogP) is 5.37. The second kappa shape index (κ2) is 9.06. The first kappa shape index (κ1) is 20.7. The zero-order valence-electron chi connectivity index (χ0n) is 17.1. The zero-order chi connectivity index (χ0) is 21.1. The van der Waals surface area contributed by atoms with E-state index in [1.807, 2.05) is 54.3 Å². The van der Waals surface area contributed by atoms with Crippen LogP contribution in [0.1, 0.15) is 42.3 Å². The maximum Gasteiger partial charge on any atom is 0.255 e. The molecular weight excluding hydrogens is 412 g/mol. The Morgan fingerprint density at radius 3 is 2.70 bits per heavy atom. The first-order chi connectivity index (χ1) is 14.6. The molecule has 0 bridgehead atoms. The van der Waals surface area contributed by atoms with E-state index < -0.39 is 0 Å². The number of nitrogens with one attached hydrogen (secondary N) is 1. The second-order valence-corrected chi connectivity index (χ2v) is 9.27. The molecule has 1 N–H and O–H groups in total. The molecule has 0 saturated heterocycles. The molecule has 0 atom stereocenters. The van der Waals surface area contributed by atoms with Crippen LogP contribution in [0.25, 0.3) is 0 Å². The summed E-state index contributed by atoms with van der Waals surface area (Å²) in [4.78, 5) is 29.2. The van der Waals surface area contributed by atoms with Gasteiger partial charge in [0.2, 0.25) is 0 Å². The van der Waals surface area contributed by atoms with Crippen LogP contribution in [-0.2, 0) is 18.7 Å². The summed E-state index contributed by atoms with van der Waals surface area (Å²) >= 11 is 3.51. The highest BCUT2D eigenvalue weighted by molar-refractivity contribution is 7.97. The van der Waals surface area contributed by atoms with Gasteiger partial charge in [0.1, 0.15) is 0 Å². The van der Waals surface area contributed by atoms with Crippen LogP contribution in [0.4, 0.5) is 5.69 Å². The molecule has 4 nitrogen and oxygen atoms in total. The van der Waals surface area contributed by atoms with E-state index in [4.69, 9.17) is 0 Å². The van der Waals surface area contributed by atoms with Crippen LogP contribution in [-0.4, -0.2) is 29.5 Å². The summed E-state index contributed by atoms with van der Waals surface area (Å²) < 4.78 is 0. The number of rotatable bonds is 5. The quantitative estimate of drug-likeness (QED) is 0.585. The van der Waals surface area contributed by atoms with Gasteiger partial charge in [0.15, 0.2) is 0 Å². The van der Waals surface area contributed by atoms with Gasteiger partial charge in [0.05, 0.1) is 0 Å². The van der Waals surface area contributed by atoms with Crippen LogP contribution in [0.3, 0.4) is 0 Å². The third kappa shape index (κ3) is 4.30. The lowest BCUT2D eigenvalue weighted by Gasteiger charge is -2.28. The molecule has 154 valence electrons. The van der Waals surface area contributed by atoms with Gasteiger partial charge in [0, 0.05) is 40.5 Å². The van der Waals surface area contributed by atoms with Crippen molar-refractivity contribution in [3.05, 3.63) is 86.6 Å². The predicted molar refractivity (Wildman–Crippen MR) is 126 cm³/mol. The molecule has 1 aliphatic heterocycles. The van der Waals surface area contributed by atoms with Crippen molar-refractivity contribution in [2.75, 3.05) is 18.1 Å². The molecule has 30 heavy (non-hydrogen) atoms. The Morgan fingerprint density at radius 1 is 1.13 bits per heavy atom. The standard InChI is InChI=1S/C24H24N2O2S2/c1-16-20(24(28)26-12-10-22-19(14-26)11-13-30-22)4-3-5-21(16)25-23(27)18-8-6-17(7-9-18)15-29-2/h3-9,11,13H,10,12,14-15H2,1-2H3,(H,25,27). The van der Waals surface area contributed by atoms with Crippen LogP contribution in [0.15, 0.2) is 53.9 Å². The largest absolute Gasteiger partial charge is 0.334 e. The van der Waals surface area contributed by atoms with E-state index in [0.29, 0.717) is 23.4 Å². The Hall–Kier alpha value is -2.57. The van der Waals surface area contributed by atoms with Gasteiger partial charge in [-0.05, 0) is 72.0 Å². The highest BCUT2D eigenvalue weighted by Gasteiger charge is 2.24. The number of anilines is 1. The van der Waals surface area contributed by atoms with E-state index in [0.717, 1.165) is 24.3 Å². The van der Waals surface area contributed by atoms with Gasteiger partial charge in [-0.3, -0.25) is 9.59 Å². The normalized spacial score (nSPS) is 13.1. The molecule has 0 fully saturated rings. The van der Waals surface area contributed by atoms with Crippen molar-refractivity contribution < 1.29 is 9.59 Å². The molecule has 3 aromatic rings. The minimum Gasteiger partial charge on any atom is -0.334 e. The average Bonchev–Trinajstić information content (AvgIpc) is 3.23. The molecule has 2 amide bonds. The van der Waals surface area contributed by atoms with Crippen molar-refractivity contribution in [2.24, 2.45) is 0 Å². The van der Waals surface area contributed by atoms with Crippen LogP contribution in [0.2, 0.25) is 0 Å². The van der Waals surface area contributed by atoms with Gasteiger partial charge in [-0.25, -0.2) is 0 Å². The monoisotopic (exact) mass is 436 g/mol. The van der Waals surface area contributed by atoms with E-state index in [1.165, 1.54) is 16.0 Å². The Balaban J connectivity index is 1.50. The van der Waals surface area contributed by atoms with Gasteiger partial charge >= 0.3 is 0 Å². The lowest BCUT2D eigenvalue weighted by molar-refractivity contribution is 0.0735. The lowest BCUT2D eigenvalue weighted by Crippen LogP contribution is -2.35. The van der Waals surface area contributed by atoms with E-state index in [9.17, 15) is 9.59 Å². The van der Waals surface area contributed by atoms with Crippen LogP contribution >= 0.6 is 23.1 Å². The van der Waals surface area contributed by atoms with Crippen molar-refractivity contribution in [1.82, 2.24) is 4.90 Å². The minimum atomic E-state index is -0.167. The Bertz CT molecular complexity index is 1070. The van der Waals surface area contributed by atoms with Crippen LogP contribution < -0.4 is 5.32 Å². The van der Waals surface area contributed by atoms with Gasteiger partial charge < -0.3 is 10.2 Å². The number of hydrogen-bond acceptors (Lipinski definition) is 4. The van der Waals surface area contributed by atoms with E-state index >= 15 is 0 Å². The summed E-state index contributed by atoms with van der Waals surface area (Å²) in [5, 5.41) is 5.07. The summed E-state index contributed by atoms with van der Waals surface area (Å²) in [6.45, 7) is 3.27.